The van der Waals surface area contributed by atoms with Gasteiger partial charge in [-0.3, -0.25) is 0 Å². The van der Waals surface area contributed by atoms with Crippen LogP contribution in [-0.4, -0.2) is 48.0 Å². The molecule has 1 aromatic carbocycles. The van der Waals surface area contributed by atoms with Crippen LogP contribution in [0.4, 0.5) is 0 Å². The van der Waals surface area contributed by atoms with E-state index in [0.29, 0.717) is 6.42 Å². The van der Waals surface area contributed by atoms with E-state index in [2.05, 4.69) is 33.0 Å². The molecule has 0 aromatic heterocycles. The first kappa shape index (κ1) is 14.6. The zero-order valence-electron chi connectivity index (χ0n) is 10.1. The van der Waals surface area contributed by atoms with E-state index >= 15 is 0 Å². The smallest absolute Gasteiger partial charge is 0.0587 e. The van der Waals surface area contributed by atoms with Crippen LogP contribution in [0.15, 0.2) is 28.7 Å². The largest absolute Gasteiger partial charge is 0.396 e. The quantitative estimate of drug-likeness (QED) is 0.805. The van der Waals surface area contributed by atoms with Gasteiger partial charge in [0.2, 0.25) is 0 Å². The van der Waals surface area contributed by atoms with Gasteiger partial charge in [0, 0.05) is 23.7 Å². The van der Waals surface area contributed by atoms with Crippen LogP contribution >= 0.6 is 15.9 Å². The highest BCUT2D eigenvalue weighted by Crippen LogP contribution is 2.12. The summed E-state index contributed by atoms with van der Waals surface area (Å²) in [5.74, 6) is 0. The lowest BCUT2D eigenvalue weighted by Gasteiger charge is -2.25. The number of aliphatic hydroxyl groups excluding tert-OH is 2. The second-order valence-corrected chi connectivity index (χ2v) is 5.12. The third kappa shape index (κ3) is 5.17. The van der Waals surface area contributed by atoms with E-state index in [-0.39, 0.29) is 19.3 Å². The second kappa shape index (κ2) is 7.82. The number of hydrogen-bond acceptors (Lipinski definition) is 3. The average molecular weight is 302 g/mol. The predicted octanol–water partition coefficient (Wildman–Crippen LogP) is 1.67. The van der Waals surface area contributed by atoms with E-state index in [4.69, 9.17) is 5.11 Å². The van der Waals surface area contributed by atoms with Crippen LogP contribution in [0.5, 0.6) is 0 Å². The van der Waals surface area contributed by atoms with Crippen molar-refractivity contribution in [1.82, 2.24) is 4.90 Å². The number of rotatable bonds is 7. The number of hydrogen-bond donors (Lipinski definition) is 2. The number of nitrogens with zero attached hydrogens (tertiary/aromatic N) is 1. The zero-order chi connectivity index (χ0) is 12.7. The van der Waals surface area contributed by atoms with Crippen molar-refractivity contribution in [3.8, 4) is 0 Å². The third-order valence-corrected chi connectivity index (χ3v) is 3.43. The van der Waals surface area contributed by atoms with Crippen LogP contribution < -0.4 is 0 Å². The Morgan fingerprint density at radius 3 is 2.71 bits per heavy atom. The van der Waals surface area contributed by atoms with Crippen molar-refractivity contribution in [2.24, 2.45) is 0 Å². The highest BCUT2D eigenvalue weighted by atomic mass is 79.9. The maximum atomic E-state index is 9.21. The van der Waals surface area contributed by atoms with Crippen molar-refractivity contribution in [3.63, 3.8) is 0 Å². The van der Waals surface area contributed by atoms with Crippen molar-refractivity contribution in [2.45, 2.75) is 18.9 Å². The molecule has 2 N–H and O–H groups in total. The van der Waals surface area contributed by atoms with Gasteiger partial charge in [0.1, 0.15) is 0 Å². The van der Waals surface area contributed by atoms with E-state index in [1.807, 2.05) is 19.2 Å². The zero-order valence-corrected chi connectivity index (χ0v) is 11.7. The topological polar surface area (TPSA) is 43.7 Å². The summed E-state index contributed by atoms with van der Waals surface area (Å²) in [6.45, 7) is 1.09. The van der Waals surface area contributed by atoms with Gasteiger partial charge in [-0.1, -0.05) is 28.1 Å². The molecule has 0 saturated carbocycles. The molecule has 0 bridgehead atoms. The molecule has 96 valence electrons. The molecule has 0 radical (unpaired) electrons. The molecule has 1 atom stereocenters. The molecule has 0 saturated heterocycles. The van der Waals surface area contributed by atoms with Gasteiger partial charge < -0.3 is 15.1 Å². The van der Waals surface area contributed by atoms with Gasteiger partial charge >= 0.3 is 0 Å². The monoisotopic (exact) mass is 301 g/mol. The molecular formula is C13H20BrNO2. The Balaban J connectivity index is 2.44. The van der Waals surface area contributed by atoms with Crippen LogP contribution in [0.3, 0.4) is 0 Å². The van der Waals surface area contributed by atoms with Crippen molar-refractivity contribution in [2.75, 3.05) is 26.8 Å². The fraction of sp³-hybridized carbons (Fsp3) is 0.538. The first-order valence-electron chi connectivity index (χ1n) is 5.83. The molecule has 17 heavy (non-hydrogen) atoms. The van der Waals surface area contributed by atoms with E-state index in [9.17, 15) is 5.11 Å². The minimum atomic E-state index is 0.0483. The van der Waals surface area contributed by atoms with Crippen LogP contribution in [0.2, 0.25) is 0 Å². The number of aliphatic hydroxyl groups is 2. The summed E-state index contributed by atoms with van der Waals surface area (Å²) in [6.07, 6.45) is 1.56. The van der Waals surface area contributed by atoms with Gasteiger partial charge in [0.25, 0.3) is 0 Å². The van der Waals surface area contributed by atoms with Crippen LogP contribution in [0.25, 0.3) is 0 Å². The summed E-state index contributed by atoms with van der Waals surface area (Å²) >= 11 is 3.45. The normalized spacial score (nSPS) is 13.0. The molecule has 1 aromatic rings. The van der Waals surface area contributed by atoms with Gasteiger partial charge in [0.15, 0.2) is 0 Å². The molecule has 0 fully saturated rings. The highest BCUT2D eigenvalue weighted by Gasteiger charge is 2.12. The highest BCUT2D eigenvalue weighted by molar-refractivity contribution is 9.10. The van der Waals surface area contributed by atoms with Crippen LogP contribution in [-0.2, 0) is 6.42 Å². The molecule has 3 nitrogen and oxygen atoms in total. The SMILES string of the molecule is CN(CCc1cccc(Br)c1)C(CO)CCO. The first-order valence-corrected chi connectivity index (χ1v) is 6.63. The lowest BCUT2D eigenvalue weighted by Crippen LogP contribution is -2.36. The fourth-order valence-corrected chi connectivity index (χ4v) is 2.23. The molecule has 1 rings (SSSR count). The summed E-state index contributed by atoms with van der Waals surface area (Å²) < 4.78 is 1.09. The summed E-state index contributed by atoms with van der Waals surface area (Å²) in [6, 6.07) is 8.28. The second-order valence-electron chi connectivity index (χ2n) is 4.21. The first-order chi connectivity index (χ1) is 8.17. The van der Waals surface area contributed by atoms with Gasteiger partial charge in [-0.15, -0.1) is 0 Å². The molecule has 4 heteroatoms. The summed E-state index contributed by atoms with van der Waals surface area (Å²) in [7, 11) is 1.98. The van der Waals surface area contributed by atoms with Crippen LogP contribution in [0, 0.1) is 0 Å². The maximum Gasteiger partial charge on any atom is 0.0587 e. The van der Waals surface area contributed by atoms with Crippen molar-refractivity contribution in [1.29, 1.82) is 0 Å². The lowest BCUT2D eigenvalue weighted by atomic mass is 10.1. The average Bonchev–Trinajstić information content (AvgIpc) is 2.33. The Bertz CT molecular complexity index is 333. The van der Waals surface area contributed by atoms with Gasteiger partial charge in [-0.25, -0.2) is 0 Å². The van der Waals surface area contributed by atoms with Crippen LogP contribution in [0.1, 0.15) is 12.0 Å². The molecule has 0 amide bonds. The molecule has 0 aliphatic rings. The van der Waals surface area contributed by atoms with E-state index < -0.39 is 0 Å². The van der Waals surface area contributed by atoms with E-state index in [1.165, 1.54) is 5.56 Å². The minimum absolute atomic E-state index is 0.0483. The standard InChI is InChI=1S/C13H20BrNO2/c1-15(13(10-17)6-8-16)7-5-11-3-2-4-12(14)9-11/h2-4,9,13,16-17H,5-8,10H2,1H3. The summed E-state index contributed by atoms with van der Waals surface area (Å²) in [5.41, 5.74) is 1.27. The van der Waals surface area contributed by atoms with Crippen molar-refractivity contribution >= 4 is 15.9 Å². The number of benzene rings is 1. The maximum absolute atomic E-state index is 9.21. The van der Waals surface area contributed by atoms with E-state index in [0.717, 1.165) is 17.4 Å². The summed E-state index contributed by atoms with van der Waals surface area (Å²) in [4.78, 5) is 2.09. The Morgan fingerprint density at radius 1 is 1.35 bits per heavy atom. The molecule has 1 unspecified atom stereocenters. The van der Waals surface area contributed by atoms with Gasteiger partial charge in [0.05, 0.1) is 6.61 Å². The Labute approximate surface area is 111 Å². The Hall–Kier alpha value is -0.420. The third-order valence-electron chi connectivity index (χ3n) is 2.94. The minimum Gasteiger partial charge on any atom is -0.396 e. The summed E-state index contributed by atoms with van der Waals surface area (Å²) in [5, 5.41) is 18.1. The van der Waals surface area contributed by atoms with Crippen molar-refractivity contribution < 1.29 is 10.2 Å². The Kier molecular flexibility index (Phi) is 6.73. The molecule has 0 spiro atoms. The van der Waals surface area contributed by atoms with Gasteiger partial charge in [-0.05, 0) is 37.6 Å². The number of halogens is 1. The van der Waals surface area contributed by atoms with Gasteiger partial charge in [-0.2, -0.15) is 0 Å². The molecule has 0 heterocycles. The molecule has 0 aliphatic heterocycles. The fourth-order valence-electron chi connectivity index (χ4n) is 1.78. The Morgan fingerprint density at radius 2 is 2.12 bits per heavy atom. The molecular weight excluding hydrogens is 282 g/mol. The van der Waals surface area contributed by atoms with Crippen molar-refractivity contribution in [3.05, 3.63) is 34.3 Å². The predicted molar refractivity (Wildman–Crippen MR) is 73.1 cm³/mol. The molecule has 0 aliphatic carbocycles. The number of likely N-dealkylation sites (N-methyl/N-ethyl adjacent to an activating group) is 1. The lowest BCUT2D eigenvalue weighted by molar-refractivity contribution is 0.120. The van der Waals surface area contributed by atoms with E-state index in [1.54, 1.807) is 0 Å².